The average molecular weight is 381 g/mol. The third-order valence-electron chi connectivity index (χ3n) is 3.55. The predicted octanol–water partition coefficient (Wildman–Crippen LogP) is 4.04. The molecule has 0 N–H and O–H groups in total. The first-order valence-electron chi connectivity index (χ1n) is 7.70. The van der Waals surface area contributed by atoms with Crippen LogP contribution in [0.2, 0.25) is 0 Å². The van der Waals surface area contributed by atoms with Gasteiger partial charge >= 0.3 is 6.61 Å². The van der Waals surface area contributed by atoms with E-state index in [2.05, 4.69) is 14.9 Å². The summed E-state index contributed by atoms with van der Waals surface area (Å²) in [5.74, 6) is 1.32. The molecule has 0 radical (unpaired) electrons. The number of nitrogens with zero attached hydrogens (tertiary/aromatic N) is 3. The van der Waals surface area contributed by atoms with Crippen molar-refractivity contribution in [1.29, 1.82) is 0 Å². The molecule has 0 fully saturated rings. The Hall–Kier alpha value is -2.52. The summed E-state index contributed by atoms with van der Waals surface area (Å²) < 4.78 is 39.6. The number of alkyl halides is 2. The van der Waals surface area contributed by atoms with Gasteiger partial charge in [0, 0.05) is 17.5 Å². The number of hydrogen-bond donors (Lipinski definition) is 0. The maximum atomic E-state index is 12.4. The normalized spacial score (nSPS) is 11.3. The van der Waals surface area contributed by atoms with Crippen molar-refractivity contribution in [1.82, 2.24) is 15.0 Å². The van der Waals surface area contributed by atoms with E-state index in [-0.39, 0.29) is 11.5 Å². The Balaban J connectivity index is 1.63. The van der Waals surface area contributed by atoms with Crippen LogP contribution in [0.15, 0.2) is 39.5 Å². The standard InChI is InChI=1S/C17H17F2N3O3S/c1-22(9-15-20-16(21-25-15)12-5-6-26-10-12)8-11-3-4-13(24-17(18)19)14(7-11)23-2/h3-7,10,17H,8-9H2,1-2H3. The fourth-order valence-corrected chi connectivity index (χ4v) is 3.06. The number of rotatable bonds is 8. The van der Waals surface area contributed by atoms with E-state index >= 15 is 0 Å². The smallest absolute Gasteiger partial charge is 0.387 e. The lowest BCUT2D eigenvalue weighted by molar-refractivity contribution is -0.0512. The van der Waals surface area contributed by atoms with Gasteiger partial charge in [-0.15, -0.1) is 0 Å². The molecule has 0 bridgehead atoms. The zero-order valence-electron chi connectivity index (χ0n) is 14.2. The van der Waals surface area contributed by atoms with Crippen LogP contribution in [0.5, 0.6) is 11.5 Å². The summed E-state index contributed by atoms with van der Waals surface area (Å²) in [5, 5.41) is 7.87. The van der Waals surface area contributed by atoms with Crippen LogP contribution in [0.1, 0.15) is 11.5 Å². The predicted molar refractivity (Wildman–Crippen MR) is 92.4 cm³/mol. The van der Waals surface area contributed by atoms with E-state index in [0.29, 0.717) is 24.8 Å². The number of methoxy groups -OCH3 is 1. The van der Waals surface area contributed by atoms with E-state index in [0.717, 1.165) is 11.1 Å². The Bertz CT molecular complexity index is 840. The SMILES string of the molecule is COc1cc(CN(C)Cc2nc(-c3ccsc3)no2)ccc1OC(F)F. The van der Waals surface area contributed by atoms with Crippen LogP contribution < -0.4 is 9.47 Å². The summed E-state index contributed by atoms with van der Waals surface area (Å²) in [6, 6.07) is 6.77. The van der Waals surface area contributed by atoms with E-state index in [1.54, 1.807) is 23.5 Å². The first kappa shape index (κ1) is 18.3. The van der Waals surface area contributed by atoms with Crippen LogP contribution in [-0.4, -0.2) is 35.8 Å². The number of ether oxygens (including phenoxy) is 2. The molecule has 2 aromatic heterocycles. The fourth-order valence-electron chi connectivity index (χ4n) is 2.43. The zero-order chi connectivity index (χ0) is 18.5. The second-order valence-corrected chi connectivity index (χ2v) is 6.34. The number of aromatic nitrogens is 2. The van der Waals surface area contributed by atoms with E-state index in [4.69, 9.17) is 9.26 Å². The molecule has 0 aliphatic carbocycles. The van der Waals surface area contributed by atoms with Crippen molar-refractivity contribution >= 4 is 11.3 Å². The second-order valence-electron chi connectivity index (χ2n) is 5.56. The van der Waals surface area contributed by atoms with Gasteiger partial charge in [0.05, 0.1) is 13.7 Å². The first-order valence-corrected chi connectivity index (χ1v) is 8.65. The third kappa shape index (κ3) is 4.55. The number of thiophene rings is 1. The van der Waals surface area contributed by atoms with Gasteiger partial charge in [0.15, 0.2) is 11.5 Å². The van der Waals surface area contributed by atoms with Gasteiger partial charge < -0.3 is 14.0 Å². The molecular weight excluding hydrogens is 364 g/mol. The molecule has 3 rings (SSSR count). The molecule has 0 aliphatic rings. The average Bonchev–Trinajstić information content (AvgIpc) is 3.27. The molecule has 138 valence electrons. The zero-order valence-corrected chi connectivity index (χ0v) is 15.0. The molecule has 1 aromatic carbocycles. The van der Waals surface area contributed by atoms with Crippen LogP contribution in [0.3, 0.4) is 0 Å². The minimum absolute atomic E-state index is 0.00575. The van der Waals surface area contributed by atoms with Crippen molar-refractivity contribution in [2.24, 2.45) is 0 Å². The van der Waals surface area contributed by atoms with Crippen molar-refractivity contribution in [3.05, 3.63) is 46.5 Å². The molecule has 0 aliphatic heterocycles. The molecule has 9 heteroatoms. The van der Waals surface area contributed by atoms with Crippen LogP contribution in [-0.2, 0) is 13.1 Å². The molecule has 6 nitrogen and oxygen atoms in total. The lowest BCUT2D eigenvalue weighted by Gasteiger charge is -2.16. The van der Waals surface area contributed by atoms with Crippen molar-refractivity contribution in [2.75, 3.05) is 14.2 Å². The summed E-state index contributed by atoms with van der Waals surface area (Å²) >= 11 is 1.57. The molecule has 0 spiro atoms. The number of hydrogen-bond acceptors (Lipinski definition) is 7. The van der Waals surface area contributed by atoms with E-state index in [9.17, 15) is 8.78 Å². The van der Waals surface area contributed by atoms with Gasteiger partial charge in [-0.1, -0.05) is 11.2 Å². The van der Waals surface area contributed by atoms with E-state index in [1.807, 2.05) is 28.8 Å². The highest BCUT2D eigenvalue weighted by atomic mass is 32.1. The molecule has 3 aromatic rings. The lowest BCUT2D eigenvalue weighted by Crippen LogP contribution is -2.17. The van der Waals surface area contributed by atoms with Gasteiger partial charge in [-0.2, -0.15) is 25.1 Å². The first-order chi connectivity index (χ1) is 12.5. The Morgan fingerprint density at radius 2 is 2.08 bits per heavy atom. The number of halogens is 2. The monoisotopic (exact) mass is 381 g/mol. The van der Waals surface area contributed by atoms with Gasteiger partial charge in [0.2, 0.25) is 11.7 Å². The Labute approximate surface area is 153 Å². The molecule has 0 unspecified atom stereocenters. The van der Waals surface area contributed by atoms with Gasteiger partial charge in [0.25, 0.3) is 0 Å². The van der Waals surface area contributed by atoms with Crippen LogP contribution in [0, 0.1) is 0 Å². The van der Waals surface area contributed by atoms with Crippen LogP contribution in [0.4, 0.5) is 8.78 Å². The van der Waals surface area contributed by atoms with E-state index in [1.165, 1.54) is 13.2 Å². The lowest BCUT2D eigenvalue weighted by atomic mass is 10.2. The fraction of sp³-hybridized carbons (Fsp3) is 0.294. The van der Waals surface area contributed by atoms with Crippen LogP contribution in [0.25, 0.3) is 11.4 Å². The third-order valence-corrected chi connectivity index (χ3v) is 4.23. The van der Waals surface area contributed by atoms with Gasteiger partial charge in [-0.3, -0.25) is 4.90 Å². The topological polar surface area (TPSA) is 60.6 Å². The highest BCUT2D eigenvalue weighted by Gasteiger charge is 2.14. The van der Waals surface area contributed by atoms with Crippen molar-refractivity contribution in [3.8, 4) is 22.9 Å². The summed E-state index contributed by atoms with van der Waals surface area (Å²) in [7, 11) is 3.30. The highest BCUT2D eigenvalue weighted by Crippen LogP contribution is 2.30. The quantitative estimate of drug-likeness (QED) is 0.587. The highest BCUT2D eigenvalue weighted by molar-refractivity contribution is 7.08. The minimum atomic E-state index is -2.90. The van der Waals surface area contributed by atoms with Crippen molar-refractivity contribution < 1.29 is 22.8 Å². The second kappa shape index (κ2) is 8.24. The van der Waals surface area contributed by atoms with E-state index < -0.39 is 6.61 Å². The largest absolute Gasteiger partial charge is 0.493 e. The molecule has 26 heavy (non-hydrogen) atoms. The summed E-state index contributed by atoms with van der Waals surface area (Å²) in [6.45, 7) is -1.90. The molecular formula is C17H17F2N3O3S. The number of benzene rings is 1. The minimum Gasteiger partial charge on any atom is -0.493 e. The summed E-state index contributed by atoms with van der Waals surface area (Å²) in [5.41, 5.74) is 1.80. The van der Waals surface area contributed by atoms with Gasteiger partial charge in [0.1, 0.15) is 0 Å². The molecule has 0 saturated heterocycles. The molecule has 2 heterocycles. The Kier molecular flexibility index (Phi) is 5.79. The van der Waals surface area contributed by atoms with Crippen molar-refractivity contribution in [3.63, 3.8) is 0 Å². The van der Waals surface area contributed by atoms with Gasteiger partial charge in [-0.05, 0) is 36.2 Å². The molecule has 0 atom stereocenters. The van der Waals surface area contributed by atoms with Crippen LogP contribution >= 0.6 is 11.3 Å². The summed E-state index contributed by atoms with van der Waals surface area (Å²) in [6.07, 6.45) is 0. The van der Waals surface area contributed by atoms with Gasteiger partial charge in [-0.25, -0.2) is 0 Å². The maximum absolute atomic E-state index is 12.4. The maximum Gasteiger partial charge on any atom is 0.387 e. The molecule has 0 amide bonds. The molecule has 0 saturated carbocycles. The summed E-state index contributed by atoms with van der Waals surface area (Å²) in [4.78, 5) is 6.34. The Morgan fingerprint density at radius 3 is 2.77 bits per heavy atom. The Morgan fingerprint density at radius 1 is 1.23 bits per heavy atom. The van der Waals surface area contributed by atoms with Crippen molar-refractivity contribution in [2.45, 2.75) is 19.7 Å².